The second-order valence-corrected chi connectivity index (χ2v) is 5.11. The first-order valence-corrected chi connectivity index (χ1v) is 6.89. The Morgan fingerprint density at radius 3 is 3.06 bits per heavy atom. The monoisotopic (exact) mass is 268 g/mol. The Labute approximate surface area is 114 Å². The molecule has 3 nitrogen and oxygen atoms in total. The first-order valence-electron chi connectivity index (χ1n) is 6.51. The summed E-state index contributed by atoms with van der Waals surface area (Å²) in [6.07, 6.45) is 1.21. The molecule has 2 rings (SSSR count). The van der Waals surface area contributed by atoms with Gasteiger partial charge in [0.1, 0.15) is 5.75 Å². The molecule has 1 aliphatic rings. The lowest BCUT2D eigenvalue weighted by atomic mass is 10.2. The van der Waals surface area contributed by atoms with Gasteiger partial charge in [0, 0.05) is 36.3 Å². The number of rotatable bonds is 5. The van der Waals surface area contributed by atoms with Crippen LogP contribution >= 0.6 is 11.6 Å². The van der Waals surface area contributed by atoms with E-state index in [0.29, 0.717) is 6.04 Å². The lowest BCUT2D eigenvalue weighted by molar-refractivity contribution is 0.312. The number of halogens is 1. The molecule has 0 saturated carbocycles. The van der Waals surface area contributed by atoms with Crippen molar-refractivity contribution in [2.24, 2.45) is 0 Å². The summed E-state index contributed by atoms with van der Waals surface area (Å²) in [5, 5.41) is 4.29. The molecule has 0 bridgehead atoms. The third-order valence-corrected chi connectivity index (χ3v) is 3.80. The van der Waals surface area contributed by atoms with E-state index in [0.717, 1.165) is 42.5 Å². The number of hydrogen-bond donors (Lipinski definition) is 1. The molecule has 1 aromatic rings. The van der Waals surface area contributed by atoms with Gasteiger partial charge in [0.2, 0.25) is 0 Å². The highest BCUT2D eigenvalue weighted by Crippen LogP contribution is 2.28. The van der Waals surface area contributed by atoms with Crippen LogP contribution in [0.5, 0.6) is 5.75 Å². The summed E-state index contributed by atoms with van der Waals surface area (Å²) < 4.78 is 5.38. The van der Waals surface area contributed by atoms with Crippen LogP contribution in [0.25, 0.3) is 0 Å². The van der Waals surface area contributed by atoms with Gasteiger partial charge in [-0.05, 0) is 25.1 Å². The van der Waals surface area contributed by atoms with Crippen molar-refractivity contribution in [2.45, 2.75) is 25.9 Å². The van der Waals surface area contributed by atoms with Crippen molar-refractivity contribution in [1.82, 2.24) is 10.2 Å². The summed E-state index contributed by atoms with van der Waals surface area (Å²) in [5.41, 5.74) is 1.10. The van der Waals surface area contributed by atoms with Gasteiger partial charge in [0.15, 0.2) is 0 Å². The first kappa shape index (κ1) is 13.7. The summed E-state index contributed by atoms with van der Waals surface area (Å²) >= 11 is 6.26. The second kappa shape index (κ2) is 6.41. The smallest absolute Gasteiger partial charge is 0.124 e. The number of methoxy groups -OCH3 is 1. The normalized spacial score (nSPS) is 20.3. The van der Waals surface area contributed by atoms with E-state index >= 15 is 0 Å². The molecule has 100 valence electrons. The number of nitrogens with zero attached hydrogens (tertiary/aromatic N) is 1. The SMILES string of the molecule is CCNC1CCN(Cc2c(Cl)cccc2OC)C1. The van der Waals surface area contributed by atoms with E-state index in [2.05, 4.69) is 17.1 Å². The summed E-state index contributed by atoms with van der Waals surface area (Å²) in [5.74, 6) is 0.884. The maximum Gasteiger partial charge on any atom is 0.124 e. The number of ether oxygens (including phenoxy) is 1. The molecule has 1 unspecified atom stereocenters. The maximum atomic E-state index is 6.26. The average Bonchev–Trinajstić information content (AvgIpc) is 2.80. The molecule has 1 fully saturated rings. The van der Waals surface area contributed by atoms with Gasteiger partial charge in [0.25, 0.3) is 0 Å². The summed E-state index contributed by atoms with van der Waals surface area (Å²) in [7, 11) is 1.70. The van der Waals surface area contributed by atoms with Gasteiger partial charge in [-0.25, -0.2) is 0 Å². The Morgan fingerprint density at radius 2 is 2.33 bits per heavy atom. The van der Waals surface area contributed by atoms with Crippen LogP contribution in [0, 0.1) is 0 Å². The van der Waals surface area contributed by atoms with Crippen molar-refractivity contribution in [3.8, 4) is 5.75 Å². The molecule has 1 atom stereocenters. The van der Waals surface area contributed by atoms with Crippen LogP contribution < -0.4 is 10.1 Å². The van der Waals surface area contributed by atoms with E-state index in [4.69, 9.17) is 16.3 Å². The molecule has 0 aromatic heterocycles. The standard InChI is InChI=1S/C14H21ClN2O/c1-3-16-11-7-8-17(9-11)10-12-13(15)5-4-6-14(12)18-2/h4-6,11,16H,3,7-10H2,1-2H3. The fourth-order valence-electron chi connectivity index (χ4n) is 2.54. The molecule has 4 heteroatoms. The molecule has 1 N–H and O–H groups in total. The summed E-state index contributed by atoms with van der Waals surface area (Å²) in [6.45, 7) is 6.26. The minimum absolute atomic E-state index is 0.614. The van der Waals surface area contributed by atoms with Gasteiger partial charge >= 0.3 is 0 Å². The predicted molar refractivity (Wildman–Crippen MR) is 75.4 cm³/mol. The Bertz CT molecular complexity index is 397. The molecule has 0 spiro atoms. The number of hydrogen-bond acceptors (Lipinski definition) is 3. The summed E-state index contributed by atoms with van der Waals surface area (Å²) in [6, 6.07) is 6.44. The number of benzene rings is 1. The van der Waals surface area contributed by atoms with Crippen LogP contribution in [-0.4, -0.2) is 37.7 Å². The Morgan fingerprint density at radius 1 is 1.50 bits per heavy atom. The van der Waals surface area contributed by atoms with Crippen molar-refractivity contribution < 1.29 is 4.74 Å². The minimum atomic E-state index is 0.614. The van der Waals surface area contributed by atoms with E-state index in [1.807, 2.05) is 18.2 Å². The molecule has 1 aliphatic heterocycles. The van der Waals surface area contributed by atoms with Gasteiger partial charge in [-0.15, -0.1) is 0 Å². The maximum absolute atomic E-state index is 6.26. The van der Waals surface area contributed by atoms with E-state index in [1.165, 1.54) is 6.42 Å². The van der Waals surface area contributed by atoms with Gasteiger partial charge < -0.3 is 10.1 Å². The van der Waals surface area contributed by atoms with Gasteiger partial charge in [-0.3, -0.25) is 4.90 Å². The second-order valence-electron chi connectivity index (χ2n) is 4.70. The predicted octanol–water partition coefficient (Wildman–Crippen LogP) is 2.53. The molecule has 1 heterocycles. The lowest BCUT2D eigenvalue weighted by Crippen LogP contribution is -2.32. The van der Waals surface area contributed by atoms with Crippen LogP contribution in [0.3, 0.4) is 0 Å². The molecular formula is C14H21ClN2O. The Kier molecular flexibility index (Phi) is 4.87. The van der Waals surface area contributed by atoms with E-state index < -0.39 is 0 Å². The highest BCUT2D eigenvalue weighted by molar-refractivity contribution is 6.31. The fourth-order valence-corrected chi connectivity index (χ4v) is 2.76. The van der Waals surface area contributed by atoms with Gasteiger partial charge in [-0.1, -0.05) is 24.6 Å². The molecule has 18 heavy (non-hydrogen) atoms. The zero-order valence-corrected chi connectivity index (χ0v) is 11.8. The van der Waals surface area contributed by atoms with Gasteiger partial charge in [-0.2, -0.15) is 0 Å². The fraction of sp³-hybridized carbons (Fsp3) is 0.571. The highest BCUT2D eigenvalue weighted by Gasteiger charge is 2.23. The van der Waals surface area contributed by atoms with Crippen molar-refractivity contribution in [2.75, 3.05) is 26.7 Å². The number of likely N-dealkylation sites (N-methyl/N-ethyl adjacent to an activating group) is 1. The molecule has 1 aromatic carbocycles. The zero-order chi connectivity index (χ0) is 13.0. The molecule has 0 radical (unpaired) electrons. The summed E-state index contributed by atoms with van der Waals surface area (Å²) in [4.78, 5) is 2.43. The topological polar surface area (TPSA) is 24.5 Å². The lowest BCUT2D eigenvalue weighted by Gasteiger charge is -2.19. The third-order valence-electron chi connectivity index (χ3n) is 3.44. The van der Waals surface area contributed by atoms with Crippen molar-refractivity contribution in [3.05, 3.63) is 28.8 Å². The van der Waals surface area contributed by atoms with Crippen LogP contribution in [0.4, 0.5) is 0 Å². The number of nitrogens with one attached hydrogen (secondary N) is 1. The van der Waals surface area contributed by atoms with Gasteiger partial charge in [0.05, 0.1) is 7.11 Å². The average molecular weight is 269 g/mol. The van der Waals surface area contributed by atoms with Crippen molar-refractivity contribution >= 4 is 11.6 Å². The van der Waals surface area contributed by atoms with Crippen LogP contribution in [-0.2, 0) is 6.54 Å². The van der Waals surface area contributed by atoms with Crippen molar-refractivity contribution in [1.29, 1.82) is 0 Å². The first-order chi connectivity index (χ1) is 8.74. The van der Waals surface area contributed by atoms with Crippen LogP contribution in [0.2, 0.25) is 5.02 Å². The molecule has 1 saturated heterocycles. The largest absolute Gasteiger partial charge is 0.496 e. The number of likely N-dealkylation sites (tertiary alicyclic amines) is 1. The quantitative estimate of drug-likeness (QED) is 0.888. The Balaban J connectivity index is 2.02. The molecular weight excluding hydrogens is 248 g/mol. The van der Waals surface area contributed by atoms with Crippen molar-refractivity contribution in [3.63, 3.8) is 0 Å². The molecule has 0 aliphatic carbocycles. The van der Waals surface area contributed by atoms with E-state index in [1.54, 1.807) is 7.11 Å². The zero-order valence-electron chi connectivity index (χ0n) is 11.1. The van der Waals surface area contributed by atoms with E-state index in [9.17, 15) is 0 Å². The molecule has 0 amide bonds. The van der Waals surface area contributed by atoms with Crippen LogP contribution in [0.1, 0.15) is 18.9 Å². The minimum Gasteiger partial charge on any atom is -0.496 e. The third kappa shape index (κ3) is 3.16. The van der Waals surface area contributed by atoms with E-state index in [-0.39, 0.29) is 0 Å². The van der Waals surface area contributed by atoms with Crippen LogP contribution in [0.15, 0.2) is 18.2 Å². The Hall–Kier alpha value is -0.770. The highest BCUT2D eigenvalue weighted by atomic mass is 35.5.